The molecule has 0 radical (unpaired) electrons. The first-order valence-electron chi connectivity index (χ1n) is 6.21. The van der Waals surface area contributed by atoms with E-state index in [1.54, 1.807) is 18.2 Å². The minimum atomic E-state index is -0.395. The highest BCUT2D eigenvalue weighted by atomic mass is 16.5. The Labute approximate surface area is 118 Å². The fraction of sp³-hybridized carbons (Fsp3) is 0.333. The summed E-state index contributed by atoms with van der Waals surface area (Å²) in [5, 5.41) is 0. The number of esters is 2. The lowest BCUT2D eigenvalue weighted by atomic mass is 10.2. The van der Waals surface area contributed by atoms with Crippen LogP contribution in [0, 0.1) is 0 Å². The van der Waals surface area contributed by atoms with Crippen molar-refractivity contribution >= 4 is 18.0 Å². The average Bonchev–Trinajstić information content (AvgIpc) is 2.49. The van der Waals surface area contributed by atoms with Gasteiger partial charge >= 0.3 is 11.9 Å². The summed E-state index contributed by atoms with van der Waals surface area (Å²) in [6.07, 6.45) is 3.96. The Hall–Kier alpha value is -2.30. The summed E-state index contributed by atoms with van der Waals surface area (Å²) in [7, 11) is 2.70. The third-order valence-electron chi connectivity index (χ3n) is 2.51. The standard InChI is InChI=1S/C15H18O5/c1-18-14(16)4-3-11-20-13-8-5-12(6-9-13)7-10-15(17)19-2/h5-10H,3-4,11H2,1-2H3/b10-7+. The number of benzene rings is 1. The summed E-state index contributed by atoms with van der Waals surface area (Å²) in [4.78, 5) is 21.8. The molecule has 0 N–H and O–H groups in total. The van der Waals surface area contributed by atoms with E-state index in [-0.39, 0.29) is 5.97 Å². The molecule has 0 aliphatic heterocycles. The van der Waals surface area contributed by atoms with E-state index in [0.29, 0.717) is 25.2 Å². The van der Waals surface area contributed by atoms with Crippen LogP contribution in [0.15, 0.2) is 30.3 Å². The van der Waals surface area contributed by atoms with Crippen molar-refractivity contribution in [3.63, 3.8) is 0 Å². The van der Waals surface area contributed by atoms with Gasteiger partial charge in [-0.15, -0.1) is 0 Å². The van der Waals surface area contributed by atoms with E-state index in [4.69, 9.17) is 4.74 Å². The van der Waals surface area contributed by atoms with E-state index in [1.807, 2.05) is 12.1 Å². The van der Waals surface area contributed by atoms with Gasteiger partial charge in [-0.2, -0.15) is 0 Å². The first-order chi connectivity index (χ1) is 9.65. The summed E-state index contributed by atoms with van der Waals surface area (Å²) >= 11 is 0. The Morgan fingerprint density at radius 2 is 1.80 bits per heavy atom. The molecule has 0 aliphatic carbocycles. The molecule has 5 nitrogen and oxygen atoms in total. The van der Waals surface area contributed by atoms with Crippen molar-refractivity contribution < 1.29 is 23.8 Å². The molecule has 0 fully saturated rings. The van der Waals surface area contributed by atoms with E-state index in [9.17, 15) is 9.59 Å². The molecule has 0 spiro atoms. The fourth-order valence-corrected chi connectivity index (χ4v) is 1.42. The third-order valence-corrected chi connectivity index (χ3v) is 2.51. The normalized spacial score (nSPS) is 10.3. The molecule has 1 aromatic carbocycles. The zero-order valence-electron chi connectivity index (χ0n) is 11.6. The van der Waals surface area contributed by atoms with E-state index in [2.05, 4.69) is 9.47 Å². The molecule has 0 aromatic heterocycles. The summed E-state index contributed by atoms with van der Waals surface area (Å²) in [6, 6.07) is 7.26. The van der Waals surface area contributed by atoms with Crippen molar-refractivity contribution in [3.05, 3.63) is 35.9 Å². The Morgan fingerprint density at radius 3 is 2.40 bits per heavy atom. The monoisotopic (exact) mass is 278 g/mol. The van der Waals surface area contributed by atoms with Crippen LogP contribution in [0.4, 0.5) is 0 Å². The summed E-state index contributed by atoms with van der Waals surface area (Å²) in [5.74, 6) is 0.0788. The van der Waals surface area contributed by atoms with Crippen LogP contribution in [0.2, 0.25) is 0 Å². The number of carbonyl (C=O) groups is 2. The second-order valence-corrected chi connectivity index (χ2v) is 3.95. The van der Waals surface area contributed by atoms with Gasteiger partial charge in [0, 0.05) is 12.5 Å². The van der Waals surface area contributed by atoms with Gasteiger partial charge in [-0.05, 0) is 30.2 Å². The predicted molar refractivity (Wildman–Crippen MR) is 74.2 cm³/mol. The molecule has 1 aromatic rings. The maximum absolute atomic E-state index is 10.9. The number of hydrogen-bond donors (Lipinski definition) is 0. The van der Waals surface area contributed by atoms with Crippen molar-refractivity contribution in [2.45, 2.75) is 12.8 Å². The quantitative estimate of drug-likeness (QED) is 0.435. The van der Waals surface area contributed by atoms with Gasteiger partial charge in [-0.3, -0.25) is 4.79 Å². The van der Waals surface area contributed by atoms with Gasteiger partial charge in [0.25, 0.3) is 0 Å². The molecule has 0 saturated heterocycles. The number of carbonyl (C=O) groups excluding carboxylic acids is 2. The molecular weight excluding hydrogens is 260 g/mol. The van der Waals surface area contributed by atoms with E-state index < -0.39 is 5.97 Å². The van der Waals surface area contributed by atoms with Crippen molar-refractivity contribution in [2.24, 2.45) is 0 Å². The van der Waals surface area contributed by atoms with Crippen molar-refractivity contribution in [2.75, 3.05) is 20.8 Å². The Bertz CT molecular complexity index is 462. The minimum absolute atomic E-state index is 0.239. The molecular formula is C15H18O5. The lowest BCUT2D eigenvalue weighted by molar-refractivity contribution is -0.140. The second-order valence-electron chi connectivity index (χ2n) is 3.95. The highest BCUT2D eigenvalue weighted by Gasteiger charge is 2.00. The highest BCUT2D eigenvalue weighted by Crippen LogP contribution is 2.13. The SMILES string of the molecule is COC(=O)/C=C/c1ccc(OCCCC(=O)OC)cc1. The third kappa shape index (κ3) is 6.04. The van der Waals surface area contributed by atoms with Crippen LogP contribution in [-0.4, -0.2) is 32.8 Å². The molecule has 20 heavy (non-hydrogen) atoms. The highest BCUT2D eigenvalue weighted by molar-refractivity contribution is 5.86. The van der Waals surface area contributed by atoms with Gasteiger partial charge < -0.3 is 14.2 Å². The first kappa shape index (κ1) is 15.8. The molecule has 108 valence electrons. The molecule has 5 heteroatoms. The topological polar surface area (TPSA) is 61.8 Å². The van der Waals surface area contributed by atoms with Crippen LogP contribution >= 0.6 is 0 Å². The maximum Gasteiger partial charge on any atom is 0.330 e. The molecule has 0 heterocycles. The fourth-order valence-electron chi connectivity index (χ4n) is 1.42. The van der Waals surface area contributed by atoms with E-state index >= 15 is 0 Å². The predicted octanol–water partition coefficient (Wildman–Crippen LogP) is 2.20. The van der Waals surface area contributed by atoms with Gasteiger partial charge in [0.15, 0.2) is 0 Å². The van der Waals surface area contributed by atoms with Crippen molar-refractivity contribution in [1.29, 1.82) is 0 Å². The van der Waals surface area contributed by atoms with Crippen LogP contribution in [0.25, 0.3) is 6.08 Å². The zero-order valence-corrected chi connectivity index (χ0v) is 11.6. The molecule has 1 rings (SSSR count). The van der Waals surface area contributed by atoms with Crippen LogP contribution in [-0.2, 0) is 19.1 Å². The lowest BCUT2D eigenvalue weighted by Crippen LogP contribution is -2.04. The number of ether oxygens (including phenoxy) is 3. The van der Waals surface area contributed by atoms with Crippen LogP contribution in [0.5, 0.6) is 5.75 Å². The summed E-state index contributed by atoms with van der Waals surface area (Å²) < 4.78 is 14.5. The molecule has 0 unspecified atom stereocenters. The van der Waals surface area contributed by atoms with E-state index in [0.717, 1.165) is 5.56 Å². The lowest BCUT2D eigenvalue weighted by Gasteiger charge is -2.05. The molecule has 0 atom stereocenters. The summed E-state index contributed by atoms with van der Waals surface area (Å²) in [5.41, 5.74) is 0.873. The largest absolute Gasteiger partial charge is 0.494 e. The van der Waals surface area contributed by atoms with Crippen LogP contribution < -0.4 is 4.74 Å². The zero-order chi connectivity index (χ0) is 14.8. The van der Waals surface area contributed by atoms with Crippen LogP contribution in [0.1, 0.15) is 18.4 Å². The summed E-state index contributed by atoms with van der Waals surface area (Å²) in [6.45, 7) is 0.451. The number of methoxy groups -OCH3 is 2. The second kappa shape index (κ2) is 8.74. The van der Waals surface area contributed by atoms with Gasteiger partial charge in [-0.25, -0.2) is 4.79 Å². The number of hydrogen-bond acceptors (Lipinski definition) is 5. The van der Waals surface area contributed by atoms with Crippen molar-refractivity contribution in [1.82, 2.24) is 0 Å². The van der Waals surface area contributed by atoms with Crippen LogP contribution in [0.3, 0.4) is 0 Å². The Morgan fingerprint density at radius 1 is 1.10 bits per heavy atom. The van der Waals surface area contributed by atoms with Gasteiger partial charge in [0.2, 0.25) is 0 Å². The molecule has 0 aliphatic rings. The van der Waals surface area contributed by atoms with E-state index in [1.165, 1.54) is 20.3 Å². The smallest absolute Gasteiger partial charge is 0.330 e. The van der Waals surface area contributed by atoms with Gasteiger partial charge in [-0.1, -0.05) is 12.1 Å². The maximum atomic E-state index is 10.9. The molecule has 0 amide bonds. The average molecular weight is 278 g/mol. The minimum Gasteiger partial charge on any atom is -0.494 e. The van der Waals surface area contributed by atoms with Gasteiger partial charge in [0.05, 0.1) is 20.8 Å². The number of rotatable bonds is 7. The molecule has 0 bridgehead atoms. The Balaban J connectivity index is 2.37. The van der Waals surface area contributed by atoms with Gasteiger partial charge in [0.1, 0.15) is 5.75 Å². The first-order valence-corrected chi connectivity index (χ1v) is 6.21. The Kier molecular flexibility index (Phi) is 6.89. The molecule has 0 saturated carbocycles. The van der Waals surface area contributed by atoms with Crippen molar-refractivity contribution in [3.8, 4) is 5.75 Å².